The summed E-state index contributed by atoms with van der Waals surface area (Å²) in [5, 5.41) is 5.01. The van der Waals surface area contributed by atoms with Crippen molar-refractivity contribution in [3.05, 3.63) is 22.4 Å². The normalized spacial score (nSPS) is 16.5. The predicted molar refractivity (Wildman–Crippen MR) is 65.5 cm³/mol. The number of amides is 2. The van der Waals surface area contributed by atoms with E-state index in [9.17, 15) is 9.59 Å². The van der Waals surface area contributed by atoms with E-state index >= 15 is 0 Å². The number of hydrogen-bond acceptors (Lipinski definition) is 4. The molecule has 1 aliphatic rings. The lowest BCUT2D eigenvalue weighted by Gasteiger charge is -2.21. The molecule has 2 rings (SSSR count). The van der Waals surface area contributed by atoms with Crippen LogP contribution >= 0.6 is 11.3 Å². The van der Waals surface area contributed by atoms with E-state index in [0.29, 0.717) is 4.88 Å². The number of hydrogen-bond donors (Lipinski definition) is 3. The largest absolute Gasteiger partial charge is 0.317 e. The maximum atomic E-state index is 11.7. The molecule has 0 atom stereocenters. The zero-order valence-electron chi connectivity index (χ0n) is 9.36. The molecule has 1 aromatic rings. The van der Waals surface area contributed by atoms with Gasteiger partial charge in [0.2, 0.25) is 5.91 Å². The molecule has 17 heavy (non-hydrogen) atoms. The van der Waals surface area contributed by atoms with Crippen molar-refractivity contribution in [3.63, 3.8) is 0 Å². The molecule has 1 saturated heterocycles. The minimum Gasteiger partial charge on any atom is -0.317 e. The van der Waals surface area contributed by atoms with Crippen LogP contribution in [0.2, 0.25) is 0 Å². The van der Waals surface area contributed by atoms with Gasteiger partial charge in [0.05, 0.1) is 4.88 Å². The molecule has 2 heterocycles. The molecule has 5 nitrogen and oxygen atoms in total. The van der Waals surface area contributed by atoms with E-state index in [4.69, 9.17) is 0 Å². The molecule has 0 unspecified atom stereocenters. The average Bonchev–Trinajstić information content (AvgIpc) is 2.90. The van der Waals surface area contributed by atoms with Gasteiger partial charge in [-0.1, -0.05) is 6.07 Å². The van der Waals surface area contributed by atoms with Crippen LogP contribution in [0, 0.1) is 5.92 Å². The lowest BCUT2D eigenvalue weighted by molar-refractivity contribution is -0.126. The van der Waals surface area contributed by atoms with Crippen molar-refractivity contribution in [2.24, 2.45) is 5.92 Å². The second-order valence-corrected chi connectivity index (χ2v) is 4.89. The summed E-state index contributed by atoms with van der Waals surface area (Å²) in [6.07, 6.45) is 1.64. The second kappa shape index (κ2) is 5.79. The quantitative estimate of drug-likeness (QED) is 0.673. The van der Waals surface area contributed by atoms with Crippen LogP contribution in [0.5, 0.6) is 0 Å². The van der Waals surface area contributed by atoms with Crippen LogP contribution in [0.1, 0.15) is 22.5 Å². The van der Waals surface area contributed by atoms with Crippen LogP contribution in [-0.4, -0.2) is 24.9 Å². The summed E-state index contributed by atoms with van der Waals surface area (Å²) in [5.41, 5.74) is 4.91. The van der Waals surface area contributed by atoms with Crippen LogP contribution in [0.3, 0.4) is 0 Å². The molecule has 0 radical (unpaired) electrons. The Kier molecular flexibility index (Phi) is 4.11. The van der Waals surface area contributed by atoms with Crippen molar-refractivity contribution >= 4 is 23.2 Å². The summed E-state index contributed by atoms with van der Waals surface area (Å²) in [6.45, 7) is 1.72. The van der Waals surface area contributed by atoms with E-state index in [-0.39, 0.29) is 17.7 Å². The van der Waals surface area contributed by atoms with Crippen LogP contribution < -0.4 is 16.2 Å². The maximum absolute atomic E-state index is 11.7. The summed E-state index contributed by atoms with van der Waals surface area (Å²) in [4.78, 5) is 23.9. The fourth-order valence-electron chi connectivity index (χ4n) is 1.77. The van der Waals surface area contributed by atoms with Gasteiger partial charge < -0.3 is 5.32 Å². The average molecular weight is 253 g/mol. The minimum absolute atomic E-state index is 0.000106. The molecule has 3 N–H and O–H groups in total. The number of hydrazine groups is 1. The molecule has 0 aromatic carbocycles. The molecular formula is C11H15N3O2S. The molecule has 0 spiro atoms. The van der Waals surface area contributed by atoms with Crippen LogP contribution in [0.25, 0.3) is 0 Å². The van der Waals surface area contributed by atoms with E-state index in [1.165, 1.54) is 11.3 Å². The van der Waals surface area contributed by atoms with Gasteiger partial charge in [-0.3, -0.25) is 20.4 Å². The Balaban J connectivity index is 1.77. The number of rotatable bonds is 2. The van der Waals surface area contributed by atoms with Crippen molar-refractivity contribution < 1.29 is 9.59 Å². The first-order chi connectivity index (χ1) is 8.27. The third-order valence-corrected chi connectivity index (χ3v) is 3.62. The summed E-state index contributed by atoms with van der Waals surface area (Å²) >= 11 is 1.34. The molecular weight excluding hydrogens is 238 g/mol. The Morgan fingerprint density at radius 1 is 1.29 bits per heavy atom. The lowest BCUT2D eigenvalue weighted by atomic mass is 9.98. The van der Waals surface area contributed by atoms with Gasteiger partial charge in [-0.15, -0.1) is 11.3 Å². The summed E-state index contributed by atoms with van der Waals surface area (Å²) in [7, 11) is 0. The van der Waals surface area contributed by atoms with Crippen LogP contribution in [0.15, 0.2) is 17.5 Å². The van der Waals surface area contributed by atoms with Crippen LogP contribution in [-0.2, 0) is 4.79 Å². The SMILES string of the molecule is O=C(NNC(=O)C1CCNCC1)c1cccs1. The number of nitrogens with one attached hydrogen (secondary N) is 3. The summed E-state index contributed by atoms with van der Waals surface area (Å²) in [5.74, 6) is -0.362. The minimum atomic E-state index is -0.262. The fourth-order valence-corrected chi connectivity index (χ4v) is 2.39. The lowest BCUT2D eigenvalue weighted by Crippen LogP contribution is -2.46. The molecule has 1 fully saturated rings. The molecule has 6 heteroatoms. The standard InChI is InChI=1S/C11H15N3O2S/c15-10(8-3-5-12-6-4-8)13-14-11(16)9-2-1-7-17-9/h1-2,7-8,12H,3-6H2,(H,13,15)(H,14,16). The monoisotopic (exact) mass is 253 g/mol. The highest BCUT2D eigenvalue weighted by Gasteiger charge is 2.21. The molecule has 2 amide bonds. The topological polar surface area (TPSA) is 70.2 Å². The highest BCUT2D eigenvalue weighted by Crippen LogP contribution is 2.11. The van der Waals surface area contributed by atoms with Crippen LogP contribution in [0.4, 0.5) is 0 Å². The third kappa shape index (κ3) is 3.28. The predicted octanol–water partition coefficient (Wildman–Crippen LogP) is 0.509. The summed E-state index contributed by atoms with van der Waals surface area (Å²) < 4.78 is 0. The van der Waals surface area contributed by atoms with E-state index in [0.717, 1.165) is 25.9 Å². The molecule has 1 aromatic heterocycles. The van der Waals surface area contributed by atoms with Gasteiger partial charge in [0.1, 0.15) is 0 Å². The van der Waals surface area contributed by atoms with E-state index in [2.05, 4.69) is 16.2 Å². The smallest absolute Gasteiger partial charge is 0.279 e. The first-order valence-corrected chi connectivity index (χ1v) is 6.50. The second-order valence-electron chi connectivity index (χ2n) is 3.94. The third-order valence-electron chi connectivity index (χ3n) is 2.75. The number of carbonyl (C=O) groups excluding carboxylic acids is 2. The zero-order chi connectivity index (χ0) is 12.1. The summed E-state index contributed by atoms with van der Waals surface area (Å²) in [6, 6.07) is 3.52. The Morgan fingerprint density at radius 2 is 2.06 bits per heavy atom. The Labute approximate surface area is 104 Å². The first-order valence-electron chi connectivity index (χ1n) is 5.62. The molecule has 1 aliphatic heterocycles. The van der Waals surface area contributed by atoms with Crippen molar-refractivity contribution in [1.82, 2.24) is 16.2 Å². The number of piperidine rings is 1. The molecule has 0 aliphatic carbocycles. The number of thiophene rings is 1. The Hall–Kier alpha value is -1.40. The van der Waals surface area contributed by atoms with E-state index in [1.807, 2.05) is 5.38 Å². The maximum Gasteiger partial charge on any atom is 0.279 e. The Morgan fingerprint density at radius 3 is 2.71 bits per heavy atom. The van der Waals surface area contributed by atoms with Crippen molar-refractivity contribution in [2.45, 2.75) is 12.8 Å². The van der Waals surface area contributed by atoms with Crippen molar-refractivity contribution in [3.8, 4) is 0 Å². The van der Waals surface area contributed by atoms with Gasteiger partial charge >= 0.3 is 0 Å². The highest BCUT2D eigenvalue weighted by molar-refractivity contribution is 7.12. The fraction of sp³-hybridized carbons (Fsp3) is 0.455. The van der Waals surface area contributed by atoms with E-state index < -0.39 is 0 Å². The van der Waals surface area contributed by atoms with Crippen molar-refractivity contribution in [2.75, 3.05) is 13.1 Å². The van der Waals surface area contributed by atoms with Gasteiger partial charge in [-0.05, 0) is 37.4 Å². The van der Waals surface area contributed by atoms with E-state index in [1.54, 1.807) is 12.1 Å². The Bertz CT molecular complexity index is 385. The molecule has 0 saturated carbocycles. The highest BCUT2D eigenvalue weighted by atomic mass is 32.1. The zero-order valence-corrected chi connectivity index (χ0v) is 10.2. The van der Waals surface area contributed by atoms with Gasteiger partial charge in [0.15, 0.2) is 0 Å². The van der Waals surface area contributed by atoms with Gasteiger partial charge in [-0.2, -0.15) is 0 Å². The van der Waals surface area contributed by atoms with Gasteiger partial charge in [0.25, 0.3) is 5.91 Å². The van der Waals surface area contributed by atoms with Crippen molar-refractivity contribution in [1.29, 1.82) is 0 Å². The molecule has 0 bridgehead atoms. The van der Waals surface area contributed by atoms with Gasteiger partial charge in [0, 0.05) is 5.92 Å². The molecule has 92 valence electrons. The first kappa shape index (κ1) is 12.1. The number of carbonyl (C=O) groups is 2. The van der Waals surface area contributed by atoms with Gasteiger partial charge in [-0.25, -0.2) is 0 Å².